The highest BCUT2D eigenvalue weighted by molar-refractivity contribution is 5.45. The molecular formula is C12H20N4. The average Bonchev–Trinajstić information content (AvgIpc) is 3.09. The molecule has 16 heavy (non-hydrogen) atoms. The van der Waals surface area contributed by atoms with Crippen LogP contribution in [0.2, 0.25) is 0 Å². The van der Waals surface area contributed by atoms with E-state index < -0.39 is 0 Å². The molecule has 0 unspecified atom stereocenters. The summed E-state index contributed by atoms with van der Waals surface area (Å²) in [5.74, 6) is 2.69. The molecule has 0 radical (unpaired) electrons. The van der Waals surface area contributed by atoms with Crippen LogP contribution in [0.5, 0.6) is 0 Å². The molecule has 0 aliphatic heterocycles. The molecule has 1 aliphatic carbocycles. The second-order valence-electron chi connectivity index (χ2n) is 4.64. The summed E-state index contributed by atoms with van der Waals surface area (Å²) in [5.41, 5.74) is 6.74. The molecule has 2 rings (SSSR count). The van der Waals surface area contributed by atoms with Crippen LogP contribution >= 0.6 is 0 Å². The van der Waals surface area contributed by atoms with Gasteiger partial charge in [-0.2, -0.15) is 0 Å². The topological polar surface area (TPSA) is 55.0 Å². The first-order valence-corrected chi connectivity index (χ1v) is 5.95. The zero-order valence-corrected chi connectivity index (χ0v) is 10.1. The summed E-state index contributed by atoms with van der Waals surface area (Å²) in [7, 11) is 4.07. The van der Waals surface area contributed by atoms with Gasteiger partial charge >= 0.3 is 0 Å². The highest BCUT2D eigenvalue weighted by Gasteiger charge is 2.27. The minimum absolute atomic E-state index is 0.613. The van der Waals surface area contributed by atoms with Crippen LogP contribution in [-0.4, -0.2) is 30.6 Å². The van der Waals surface area contributed by atoms with E-state index in [-0.39, 0.29) is 0 Å². The van der Waals surface area contributed by atoms with Gasteiger partial charge in [-0.3, -0.25) is 0 Å². The second-order valence-corrected chi connectivity index (χ2v) is 4.64. The summed E-state index contributed by atoms with van der Waals surface area (Å²) >= 11 is 0. The Morgan fingerprint density at radius 1 is 1.44 bits per heavy atom. The van der Waals surface area contributed by atoms with Gasteiger partial charge in [0.15, 0.2) is 0 Å². The molecule has 88 valence electrons. The van der Waals surface area contributed by atoms with Crippen molar-refractivity contribution >= 4 is 5.82 Å². The fourth-order valence-corrected chi connectivity index (χ4v) is 1.81. The fraction of sp³-hybridized carbons (Fsp3) is 0.667. The van der Waals surface area contributed by atoms with Crippen molar-refractivity contribution in [2.45, 2.75) is 31.6 Å². The van der Waals surface area contributed by atoms with E-state index in [4.69, 9.17) is 5.73 Å². The van der Waals surface area contributed by atoms with Crippen molar-refractivity contribution in [3.8, 4) is 0 Å². The number of nitrogens with zero attached hydrogens (tertiary/aromatic N) is 3. The number of hydrogen-bond acceptors (Lipinski definition) is 4. The minimum atomic E-state index is 0.613. The predicted molar refractivity (Wildman–Crippen MR) is 65.7 cm³/mol. The first-order valence-electron chi connectivity index (χ1n) is 5.95. The lowest BCUT2D eigenvalue weighted by molar-refractivity contribution is 0.804. The van der Waals surface area contributed by atoms with Gasteiger partial charge in [-0.25, -0.2) is 9.97 Å². The molecule has 0 spiro atoms. The van der Waals surface area contributed by atoms with Gasteiger partial charge in [0.2, 0.25) is 0 Å². The van der Waals surface area contributed by atoms with Crippen LogP contribution in [0.3, 0.4) is 0 Å². The van der Waals surface area contributed by atoms with Gasteiger partial charge in [-0.05, 0) is 32.2 Å². The summed E-state index contributed by atoms with van der Waals surface area (Å²) in [6.07, 6.45) is 6.43. The maximum Gasteiger partial charge on any atom is 0.134 e. The van der Waals surface area contributed by atoms with Crippen molar-refractivity contribution in [3.63, 3.8) is 0 Å². The number of hydrogen-bond donors (Lipinski definition) is 1. The number of rotatable bonds is 5. The van der Waals surface area contributed by atoms with E-state index in [0.29, 0.717) is 5.92 Å². The van der Waals surface area contributed by atoms with Crippen LogP contribution < -0.4 is 10.6 Å². The van der Waals surface area contributed by atoms with Crippen LogP contribution in [0, 0.1) is 0 Å². The molecule has 1 aliphatic rings. The molecule has 4 heteroatoms. The smallest absolute Gasteiger partial charge is 0.134 e. The van der Waals surface area contributed by atoms with Gasteiger partial charge < -0.3 is 10.6 Å². The van der Waals surface area contributed by atoms with Crippen LogP contribution in [-0.2, 0) is 6.42 Å². The van der Waals surface area contributed by atoms with Crippen molar-refractivity contribution in [1.29, 1.82) is 0 Å². The SMILES string of the molecule is CN(C)c1nc(C2CC2)ncc1CCCN. The lowest BCUT2D eigenvalue weighted by Crippen LogP contribution is -2.15. The zero-order chi connectivity index (χ0) is 11.5. The quantitative estimate of drug-likeness (QED) is 0.813. The van der Waals surface area contributed by atoms with Crippen molar-refractivity contribution < 1.29 is 0 Å². The Hall–Kier alpha value is -1.16. The summed E-state index contributed by atoms with van der Waals surface area (Å²) in [5, 5.41) is 0. The molecule has 1 heterocycles. The average molecular weight is 220 g/mol. The molecule has 0 saturated heterocycles. The highest BCUT2D eigenvalue weighted by atomic mass is 15.2. The number of aryl methyl sites for hydroxylation is 1. The molecule has 0 atom stereocenters. The Kier molecular flexibility index (Phi) is 3.39. The maximum atomic E-state index is 5.54. The second kappa shape index (κ2) is 4.78. The Bertz CT molecular complexity index is 358. The Morgan fingerprint density at radius 3 is 2.75 bits per heavy atom. The molecule has 1 aromatic rings. The molecule has 1 saturated carbocycles. The van der Waals surface area contributed by atoms with E-state index >= 15 is 0 Å². The predicted octanol–water partition coefficient (Wildman–Crippen LogP) is 1.31. The fourth-order valence-electron chi connectivity index (χ4n) is 1.81. The zero-order valence-electron chi connectivity index (χ0n) is 10.1. The third-order valence-corrected chi connectivity index (χ3v) is 2.88. The van der Waals surface area contributed by atoms with Gasteiger partial charge in [0.05, 0.1) is 0 Å². The molecule has 0 aromatic carbocycles. The first-order chi connectivity index (χ1) is 7.72. The Labute approximate surface area is 96.9 Å². The lowest BCUT2D eigenvalue weighted by Gasteiger charge is -2.16. The van der Waals surface area contributed by atoms with E-state index in [9.17, 15) is 0 Å². The molecule has 0 bridgehead atoms. The van der Waals surface area contributed by atoms with Gasteiger partial charge in [0, 0.05) is 31.8 Å². The normalized spacial score (nSPS) is 15.2. The largest absolute Gasteiger partial charge is 0.362 e. The number of aromatic nitrogens is 2. The summed E-state index contributed by atoms with van der Waals surface area (Å²) in [6.45, 7) is 0.719. The highest BCUT2D eigenvalue weighted by Crippen LogP contribution is 2.38. The third-order valence-electron chi connectivity index (χ3n) is 2.88. The number of nitrogens with two attached hydrogens (primary N) is 1. The van der Waals surface area contributed by atoms with Crippen LogP contribution in [0.4, 0.5) is 5.82 Å². The van der Waals surface area contributed by atoms with E-state index in [0.717, 1.165) is 31.0 Å². The van der Waals surface area contributed by atoms with Gasteiger partial charge in [0.1, 0.15) is 11.6 Å². The van der Waals surface area contributed by atoms with Crippen LogP contribution in [0.15, 0.2) is 6.20 Å². The molecule has 4 nitrogen and oxygen atoms in total. The van der Waals surface area contributed by atoms with E-state index in [1.165, 1.54) is 18.4 Å². The van der Waals surface area contributed by atoms with E-state index in [1.54, 1.807) is 0 Å². The van der Waals surface area contributed by atoms with E-state index in [1.807, 2.05) is 20.3 Å². The molecular weight excluding hydrogens is 200 g/mol. The number of anilines is 1. The molecule has 1 aromatic heterocycles. The van der Waals surface area contributed by atoms with Crippen molar-refractivity contribution in [2.24, 2.45) is 5.73 Å². The Balaban J connectivity index is 2.21. The lowest BCUT2D eigenvalue weighted by atomic mass is 10.1. The third kappa shape index (κ3) is 2.50. The maximum absolute atomic E-state index is 5.54. The first kappa shape index (κ1) is 11.3. The van der Waals surface area contributed by atoms with Crippen molar-refractivity contribution in [1.82, 2.24) is 9.97 Å². The van der Waals surface area contributed by atoms with E-state index in [2.05, 4.69) is 14.9 Å². The van der Waals surface area contributed by atoms with Crippen LogP contribution in [0.25, 0.3) is 0 Å². The van der Waals surface area contributed by atoms with Gasteiger partial charge in [-0.1, -0.05) is 0 Å². The Morgan fingerprint density at radius 2 is 2.19 bits per heavy atom. The van der Waals surface area contributed by atoms with Gasteiger partial charge in [-0.15, -0.1) is 0 Å². The standard InChI is InChI=1S/C12H20N4/c1-16(2)12-10(4-3-7-13)8-14-11(15-12)9-5-6-9/h8-9H,3-7,13H2,1-2H3. The summed E-state index contributed by atoms with van der Waals surface area (Å²) in [6, 6.07) is 0. The minimum Gasteiger partial charge on any atom is -0.362 e. The monoisotopic (exact) mass is 220 g/mol. The van der Waals surface area contributed by atoms with Gasteiger partial charge in [0.25, 0.3) is 0 Å². The summed E-state index contributed by atoms with van der Waals surface area (Å²) in [4.78, 5) is 11.2. The molecule has 0 amide bonds. The molecule has 1 fully saturated rings. The molecule has 2 N–H and O–H groups in total. The van der Waals surface area contributed by atoms with Crippen molar-refractivity contribution in [3.05, 3.63) is 17.6 Å². The van der Waals surface area contributed by atoms with Crippen LogP contribution in [0.1, 0.15) is 36.6 Å². The van der Waals surface area contributed by atoms with Crippen molar-refractivity contribution in [2.75, 3.05) is 25.5 Å². The summed E-state index contributed by atoms with van der Waals surface area (Å²) < 4.78 is 0.